The zero-order chi connectivity index (χ0) is 19.3. The van der Waals surface area contributed by atoms with Gasteiger partial charge in [-0.3, -0.25) is 4.68 Å². The lowest BCUT2D eigenvalue weighted by Gasteiger charge is -2.23. The molecule has 2 heterocycles. The molecule has 2 fully saturated rings. The van der Waals surface area contributed by atoms with Gasteiger partial charge < -0.3 is 20.7 Å². The minimum Gasteiger partial charge on any atom is -0.444 e. The standard InChI is InChI=1S/C20H29N5O2/c1-12-10-24(11-16(12)23-19(26)27-20(2,3)4)18-14-9-22-25(13-5-6-13)17(14)8-7-15(18)21/h7-9,12-13,16H,5-6,10-11,21H2,1-4H3,(H,23,26)/t12-,16+/m1/s1. The van der Waals surface area contributed by atoms with Crippen LogP contribution in [0.15, 0.2) is 18.3 Å². The number of nitrogens with two attached hydrogens (primary N) is 1. The Labute approximate surface area is 159 Å². The summed E-state index contributed by atoms with van der Waals surface area (Å²) < 4.78 is 7.53. The van der Waals surface area contributed by atoms with E-state index >= 15 is 0 Å². The third-order valence-corrected chi connectivity index (χ3v) is 5.31. The molecule has 0 spiro atoms. The minimum atomic E-state index is -0.501. The fraction of sp³-hybridized carbons (Fsp3) is 0.600. The molecule has 7 nitrogen and oxygen atoms in total. The largest absolute Gasteiger partial charge is 0.444 e. The van der Waals surface area contributed by atoms with Crippen molar-refractivity contribution in [2.45, 2.75) is 58.2 Å². The molecule has 2 aliphatic rings. The fourth-order valence-corrected chi connectivity index (χ4v) is 3.88. The summed E-state index contributed by atoms with van der Waals surface area (Å²) in [5, 5.41) is 8.71. The molecule has 4 rings (SSSR count). The first-order valence-corrected chi connectivity index (χ1v) is 9.73. The van der Waals surface area contributed by atoms with Crippen molar-refractivity contribution >= 4 is 28.4 Å². The highest BCUT2D eigenvalue weighted by Gasteiger charge is 2.34. The SMILES string of the molecule is C[C@@H]1CN(c2c(N)ccc3c2cnn3C2CC2)C[C@@H]1NC(=O)OC(C)(C)C. The number of aromatic nitrogens is 2. The molecule has 146 valence electrons. The van der Waals surface area contributed by atoms with E-state index in [0.29, 0.717) is 18.5 Å². The number of hydrogen-bond acceptors (Lipinski definition) is 5. The van der Waals surface area contributed by atoms with E-state index in [9.17, 15) is 4.79 Å². The van der Waals surface area contributed by atoms with Crippen LogP contribution in [0.1, 0.15) is 46.6 Å². The molecule has 2 atom stereocenters. The van der Waals surface area contributed by atoms with Crippen molar-refractivity contribution in [3.05, 3.63) is 18.3 Å². The van der Waals surface area contributed by atoms with Crippen LogP contribution in [-0.2, 0) is 4.74 Å². The van der Waals surface area contributed by atoms with Gasteiger partial charge in [-0.15, -0.1) is 0 Å². The number of carbonyl (C=O) groups excluding carboxylic acids is 1. The predicted molar refractivity (Wildman–Crippen MR) is 107 cm³/mol. The van der Waals surface area contributed by atoms with E-state index in [-0.39, 0.29) is 12.1 Å². The molecule has 1 saturated heterocycles. The zero-order valence-electron chi connectivity index (χ0n) is 16.5. The van der Waals surface area contributed by atoms with Crippen LogP contribution in [0.5, 0.6) is 0 Å². The molecule has 1 amide bonds. The van der Waals surface area contributed by atoms with Crippen molar-refractivity contribution in [3.8, 4) is 0 Å². The first-order chi connectivity index (χ1) is 12.7. The maximum Gasteiger partial charge on any atom is 0.407 e. The summed E-state index contributed by atoms with van der Waals surface area (Å²) in [5.74, 6) is 0.297. The number of nitrogens with zero attached hydrogens (tertiary/aromatic N) is 3. The highest BCUT2D eigenvalue weighted by Crippen LogP contribution is 2.41. The number of fused-ring (bicyclic) bond motifs is 1. The second-order valence-electron chi connectivity index (χ2n) is 8.89. The van der Waals surface area contributed by atoms with E-state index in [1.807, 2.05) is 33.0 Å². The van der Waals surface area contributed by atoms with Gasteiger partial charge in [-0.2, -0.15) is 5.10 Å². The molecular weight excluding hydrogens is 342 g/mol. The number of nitrogen functional groups attached to an aromatic ring is 1. The molecule has 0 radical (unpaired) electrons. The van der Waals surface area contributed by atoms with E-state index in [2.05, 4.69) is 33.0 Å². The molecule has 0 bridgehead atoms. The molecule has 2 aromatic rings. The highest BCUT2D eigenvalue weighted by atomic mass is 16.6. The number of nitrogens with one attached hydrogen (secondary N) is 1. The summed E-state index contributed by atoms with van der Waals surface area (Å²) in [6.45, 7) is 9.30. The Morgan fingerprint density at radius 2 is 2.04 bits per heavy atom. The topological polar surface area (TPSA) is 85.4 Å². The lowest BCUT2D eigenvalue weighted by molar-refractivity contribution is 0.0499. The Bertz CT molecular complexity index is 865. The van der Waals surface area contributed by atoms with Crippen molar-refractivity contribution in [1.29, 1.82) is 0 Å². The summed E-state index contributed by atoms with van der Waals surface area (Å²) in [6, 6.07) is 4.58. The van der Waals surface area contributed by atoms with E-state index in [0.717, 1.165) is 28.8 Å². The van der Waals surface area contributed by atoms with Crippen LogP contribution in [0.4, 0.5) is 16.2 Å². The fourth-order valence-electron chi connectivity index (χ4n) is 3.88. The third kappa shape index (κ3) is 3.55. The quantitative estimate of drug-likeness (QED) is 0.809. The summed E-state index contributed by atoms with van der Waals surface area (Å²) in [7, 11) is 0. The molecule has 3 N–H and O–H groups in total. The van der Waals surface area contributed by atoms with Gasteiger partial charge in [0, 0.05) is 18.5 Å². The summed E-state index contributed by atoms with van der Waals surface area (Å²) in [4.78, 5) is 14.4. The third-order valence-electron chi connectivity index (χ3n) is 5.31. The Hall–Kier alpha value is -2.44. The minimum absolute atomic E-state index is 0.0213. The van der Waals surface area contributed by atoms with E-state index in [4.69, 9.17) is 10.5 Å². The van der Waals surface area contributed by atoms with Gasteiger partial charge in [0.25, 0.3) is 0 Å². The monoisotopic (exact) mass is 371 g/mol. The van der Waals surface area contributed by atoms with Crippen LogP contribution in [0, 0.1) is 5.92 Å². The van der Waals surface area contributed by atoms with E-state index < -0.39 is 5.60 Å². The number of amides is 1. The molecule has 1 aliphatic heterocycles. The second kappa shape index (κ2) is 6.32. The Balaban J connectivity index is 1.56. The lowest BCUT2D eigenvalue weighted by Crippen LogP contribution is -2.42. The number of rotatable bonds is 3. The number of alkyl carbamates (subject to hydrolysis) is 1. The Morgan fingerprint density at radius 3 is 2.70 bits per heavy atom. The van der Waals surface area contributed by atoms with Gasteiger partial charge in [0.1, 0.15) is 5.60 Å². The normalized spacial score (nSPS) is 23.0. The van der Waals surface area contributed by atoms with E-state index in [1.165, 1.54) is 12.8 Å². The summed E-state index contributed by atoms with van der Waals surface area (Å²) in [6.07, 6.45) is 3.95. The molecule has 1 aromatic heterocycles. The number of ether oxygens (including phenoxy) is 1. The molecule has 7 heteroatoms. The van der Waals surface area contributed by atoms with Crippen molar-refractivity contribution in [2.75, 3.05) is 23.7 Å². The molecule has 1 aliphatic carbocycles. The van der Waals surface area contributed by atoms with Gasteiger partial charge >= 0.3 is 6.09 Å². The van der Waals surface area contributed by atoms with E-state index in [1.54, 1.807) is 0 Å². The van der Waals surface area contributed by atoms with Crippen molar-refractivity contribution in [1.82, 2.24) is 15.1 Å². The summed E-state index contributed by atoms with van der Waals surface area (Å²) >= 11 is 0. The highest BCUT2D eigenvalue weighted by molar-refractivity contribution is 5.98. The van der Waals surface area contributed by atoms with Gasteiger partial charge in [-0.25, -0.2) is 4.79 Å². The first-order valence-electron chi connectivity index (χ1n) is 9.73. The van der Waals surface area contributed by atoms with Crippen LogP contribution < -0.4 is 16.0 Å². The van der Waals surface area contributed by atoms with Crippen molar-refractivity contribution < 1.29 is 9.53 Å². The maximum atomic E-state index is 12.2. The van der Waals surface area contributed by atoms with Crippen molar-refractivity contribution in [3.63, 3.8) is 0 Å². The van der Waals surface area contributed by atoms with Crippen LogP contribution in [0.3, 0.4) is 0 Å². The van der Waals surface area contributed by atoms with Crippen molar-refractivity contribution in [2.24, 2.45) is 5.92 Å². The average Bonchev–Trinajstić information content (AvgIpc) is 3.21. The van der Waals surface area contributed by atoms with Gasteiger partial charge in [0.05, 0.1) is 35.2 Å². The van der Waals surface area contributed by atoms with Crippen LogP contribution in [-0.4, -0.2) is 40.6 Å². The zero-order valence-corrected chi connectivity index (χ0v) is 16.5. The molecule has 27 heavy (non-hydrogen) atoms. The van der Waals surface area contributed by atoms with Crippen LogP contribution >= 0.6 is 0 Å². The smallest absolute Gasteiger partial charge is 0.407 e. The second-order valence-corrected chi connectivity index (χ2v) is 8.89. The average molecular weight is 371 g/mol. The van der Waals surface area contributed by atoms with Crippen LogP contribution in [0.25, 0.3) is 10.9 Å². The number of hydrogen-bond donors (Lipinski definition) is 2. The van der Waals surface area contributed by atoms with Gasteiger partial charge in [0.15, 0.2) is 0 Å². The lowest BCUT2D eigenvalue weighted by atomic mass is 10.1. The van der Waals surface area contributed by atoms with Gasteiger partial charge in [-0.1, -0.05) is 6.92 Å². The Kier molecular flexibility index (Phi) is 4.20. The number of anilines is 2. The van der Waals surface area contributed by atoms with Gasteiger partial charge in [-0.05, 0) is 51.7 Å². The molecule has 0 unspecified atom stereocenters. The number of benzene rings is 1. The molecule has 1 aromatic carbocycles. The molecule has 1 saturated carbocycles. The summed E-state index contributed by atoms with van der Waals surface area (Å²) in [5.41, 5.74) is 8.77. The maximum absolute atomic E-state index is 12.2. The Morgan fingerprint density at radius 1 is 1.30 bits per heavy atom. The number of carbonyl (C=O) groups is 1. The predicted octanol–water partition coefficient (Wildman–Crippen LogP) is 3.30. The first kappa shape index (κ1) is 17.9. The molecular formula is C20H29N5O2. The van der Waals surface area contributed by atoms with Gasteiger partial charge in [0.2, 0.25) is 0 Å². The van der Waals surface area contributed by atoms with Crippen LogP contribution in [0.2, 0.25) is 0 Å².